The second-order valence-electron chi connectivity index (χ2n) is 4.88. The maximum absolute atomic E-state index is 13.4. The largest absolute Gasteiger partial charge is 0.419 e. The summed E-state index contributed by atoms with van der Waals surface area (Å²) in [6.45, 7) is 1.62. The highest BCUT2D eigenvalue weighted by molar-refractivity contribution is 5.39. The van der Waals surface area contributed by atoms with Crippen LogP contribution in [0.15, 0.2) is 18.2 Å². The molecule has 0 aromatic heterocycles. The summed E-state index contributed by atoms with van der Waals surface area (Å²) >= 11 is 0. The molecule has 1 nitrogen and oxygen atoms in total. The molecule has 2 fully saturated rings. The van der Waals surface area contributed by atoms with E-state index in [0.717, 1.165) is 31.6 Å². The fourth-order valence-electron chi connectivity index (χ4n) is 2.84. The fourth-order valence-corrected chi connectivity index (χ4v) is 2.84. The third kappa shape index (κ3) is 1.56. The van der Waals surface area contributed by atoms with Gasteiger partial charge in [0.2, 0.25) is 0 Å². The Labute approximate surface area is 95.8 Å². The summed E-state index contributed by atoms with van der Waals surface area (Å²) in [4.78, 5) is 0. The molecule has 1 aromatic carbocycles. The zero-order valence-corrected chi connectivity index (χ0v) is 8.94. The molecule has 5 heteroatoms. The molecule has 92 valence electrons. The predicted octanol–water partition coefficient (Wildman–Crippen LogP) is 2.71. The summed E-state index contributed by atoms with van der Waals surface area (Å²) in [7, 11) is 0. The van der Waals surface area contributed by atoms with Gasteiger partial charge in [-0.15, -0.1) is 0 Å². The van der Waals surface area contributed by atoms with Gasteiger partial charge in [-0.25, -0.2) is 4.39 Å². The first-order valence-electron chi connectivity index (χ1n) is 5.51. The highest BCUT2D eigenvalue weighted by Gasteiger charge is 2.58. The first kappa shape index (κ1) is 11.0. The van der Waals surface area contributed by atoms with Crippen LogP contribution in [-0.2, 0) is 11.6 Å². The molecule has 0 amide bonds. The Bertz CT molecular complexity index is 468. The Morgan fingerprint density at radius 2 is 2.06 bits per heavy atom. The Hall–Kier alpha value is -1.10. The van der Waals surface area contributed by atoms with Gasteiger partial charge in [0, 0.05) is 12.0 Å². The van der Waals surface area contributed by atoms with E-state index in [-0.39, 0.29) is 5.41 Å². The standard InChI is InChI=1S/C12H11F4N/c13-10-3-7(1-2-9(10)12(14,15)16)11-4-8(11)5-17-6-11/h1-3,8,17H,4-6H2/t8?,11-/m0/s1. The van der Waals surface area contributed by atoms with Gasteiger partial charge in [0.25, 0.3) is 0 Å². The van der Waals surface area contributed by atoms with E-state index in [4.69, 9.17) is 0 Å². The van der Waals surface area contributed by atoms with Crippen molar-refractivity contribution >= 4 is 0 Å². The number of hydrogen-bond donors (Lipinski definition) is 1. The van der Waals surface area contributed by atoms with Gasteiger partial charge in [-0.3, -0.25) is 0 Å². The molecule has 1 heterocycles. The van der Waals surface area contributed by atoms with Crippen LogP contribution >= 0.6 is 0 Å². The van der Waals surface area contributed by atoms with Crippen LogP contribution in [0.4, 0.5) is 17.6 Å². The Balaban J connectivity index is 1.97. The van der Waals surface area contributed by atoms with Crippen LogP contribution in [-0.4, -0.2) is 13.1 Å². The predicted molar refractivity (Wildman–Crippen MR) is 54.1 cm³/mol. The highest BCUT2D eigenvalue weighted by atomic mass is 19.4. The third-order valence-corrected chi connectivity index (χ3v) is 3.91. The van der Waals surface area contributed by atoms with Gasteiger partial charge in [-0.1, -0.05) is 6.07 Å². The molecule has 3 rings (SSSR count). The van der Waals surface area contributed by atoms with Crippen molar-refractivity contribution in [3.8, 4) is 0 Å². The number of fused-ring (bicyclic) bond motifs is 1. The zero-order chi connectivity index (χ0) is 12.3. The molecule has 1 aromatic rings. The topological polar surface area (TPSA) is 12.0 Å². The van der Waals surface area contributed by atoms with E-state index in [9.17, 15) is 17.6 Å². The van der Waals surface area contributed by atoms with Crippen LogP contribution in [0.25, 0.3) is 0 Å². The number of nitrogens with one attached hydrogen (secondary N) is 1. The van der Waals surface area contributed by atoms with E-state index in [0.29, 0.717) is 11.5 Å². The molecule has 0 spiro atoms. The average molecular weight is 245 g/mol. The summed E-state index contributed by atoms with van der Waals surface area (Å²) in [5.41, 5.74) is -0.593. The minimum absolute atomic E-state index is 0.106. The lowest BCUT2D eigenvalue weighted by Gasteiger charge is -2.14. The van der Waals surface area contributed by atoms with Crippen molar-refractivity contribution in [3.05, 3.63) is 35.1 Å². The SMILES string of the molecule is Fc1cc([C@]23CNCC2C3)ccc1C(F)(F)F. The summed E-state index contributed by atoms with van der Waals surface area (Å²) in [6, 6.07) is 3.32. The zero-order valence-electron chi connectivity index (χ0n) is 8.94. The number of hydrogen-bond acceptors (Lipinski definition) is 1. The number of benzene rings is 1. The Kier molecular flexibility index (Phi) is 2.09. The van der Waals surface area contributed by atoms with Gasteiger partial charge >= 0.3 is 6.18 Å². The van der Waals surface area contributed by atoms with E-state index >= 15 is 0 Å². The molecule has 2 atom stereocenters. The maximum atomic E-state index is 13.4. The van der Waals surface area contributed by atoms with Crippen LogP contribution in [0.2, 0.25) is 0 Å². The van der Waals surface area contributed by atoms with Gasteiger partial charge in [-0.05, 0) is 36.6 Å². The smallest absolute Gasteiger partial charge is 0.316 e. The van der Waals surface area contributed by atoms with Crippen LogP contribution in [0.3, 0.4) is 0 Å². The van der Waals surface area contributed by atoms with Gasteiger partial charge in [0.05, 0.1) is 5.56 Å². The number of alkyl halides is 3. The van der Waals surface area contributed by atoms with Crippen molar-refractivity contribution in [2.75, 3.05) is 13.1 Å². The van der Waals surface area contributed by atoms with Crippen molar-refractivity contribution in [1.82, 2.24) is 5.32 Å². The second kappa shape index (κ2) is 3.22. The molecule has 1 aliphatic heterocycles. The van der Waals surface area contributed by atoms with E-state index in [2.05, 4.69) is 5.32 Å². The van der Waals surface area contributed by atoms with Gasteiger partial charge in [0.15, 0.2) is 0 Å². The fraction of sp³-hybridized carbons (Fsp3) is 0.500. The molecule has 1 unspecified atom stereocenters. The molecule has 2 aliphatic rings. The van der Waals surface area contributed by atoms with Crippen molar-refractivity contribution in [3.63, 3.8) is 0 Å². The Morgan fingerprint density at radius 1 is 1.29 bits per heavy atom. The second-order valence-corrected chi connectivity index (χ2v) is 4.88. The van der Waals surface area contributed by atoms with Crippen LogP contribution in [0.5, 0.6) is 0 Å². The first-order valence-corrected chi connectivity index (χ1v) is 5.51. The van der Waals surface area contributed by atoms with E-state index in [1.807, 2.05) is 0 Å². The van der Waals surface area contributed by atoms with E-state index in [1.165, 1.54) is 6.07 Å². The summed E-state index contributed by atoms with van der Waals surface area (Å²) in [5, 5.41) is 3.18. The normalized spacial score (nSPS) is 31.4. The number of halogens is 4. The lowest BCUT2D eigenvalue weighted by Crippen LogP contribution is -2.20. The lowest BCUT2D eigenvalue weighted by molar-refractivity contribution is -0.140. The minimum atomic E-state index is -4.61. The van der Waals surface area contributed by atoms with Gasteiger partial charge in [0.1, 0.15) is 5.82 Å². The van der Waals surface area contributed by atoms with Gasteiger partial charge in [-0.2, -0.15) is 13.2 Å². The van der Waals surface area contributed by atoms with Crippen LogP contribution < -0.4 is 5.32 Å². The summed E-state index contributed by atoms with van der Waals surface area (Å²) in [6.07, 6.45) is -3.66. The maximum Gasteiger partial charge on any atom is 0.419 e. The molecule has 0 bridgehead atoms. The molecule has 0 radical (unpaired) electrons. The molecule has 1 aliphatic carbocycles. The molecule has 1 N–H and O–H groups in total. The van der Waals surface area contributed by atoms with E-state index < -0.39 is 17.6 Å². The minimum Gasteiger partial charge on any atom is -0.316 e. The van der Waals surface area contributed by atoms with Crippen molar-refractivity contribution < 1.29 is 17.6 Å². The highest BCUT2D eigenvalue weighted by Crippen LogP contribution is 2.56. The Morgan fingerprint density at radius 3 is 2.53 bits per heavy atom. The van der Waals surface area contributed by atoms with Gasteiger partial charge < -0.3 is 5.32 Å². The number of rotatable bonds is 1. The average Bonchev–Trinajstić information content (AvgIpc) is 2.80. The molecular formula is C12H11F4N. The quantitative estimate of drug-likeness (QED) is 0.750. The van der Waals surface area contributed by atoms with Crippen LogP contribution in [0.1, 0.15) is 17.5 Å². The molecule has 17 heavy (non-hydrogen) atoms. The van der Waals surface area contributed by atoms with Crippen molar-refractivity contribution in [2.24, 2.45) is 5.92 Å². The molecule has 1 saturated heterocycles. The third-order valence-electron chi connectivity index (χ3n) is 3.91. The van der Waals surface area contributed by atoms with Crippen molar-refractivity contribution in [1.29, 1.82) is 0 Å². The van der Waals surface area contributed by atoms with Crippen LogP contribution in [0, 0.1) is 11.7 Å². The monoisotopic (exact) mass is 245 g/mol. The molecular weight excluding hydrogens is 234 g/mol. The first-order chi connectivity index (χ1) is 7.93. The van der Waals surface area contributed by atoms with E-state index in [1.54, 1.807) is 0 Å². The summed E-state index contributed by atoms with van der Waals surface area (Å²) in [5.74, 6) is -0.708. The lowest BCUT2D eigenvalue weighted by atomic mass is 9.94. The molecule has 1 saturated carbocycles. The van der Waals surface area contributed by atoms with Crippen molar-refractivity contribution in [2.45, 2.75) is 18.0 Å². The number of piperidine rings is 1. The summed E-state index contributed by atoms with van der Waals surface area (Å²) < 4.78 is 50.7.